The molecule has 0 amide bonds. The summed E-state index contributed by atoms with van der Waals surface area (Å²) in [7, 11) is -1.09. The summed E-state index contributed by atoms with van der Waals surface area (Å²) in [6, 6.07) is 67.2. The van der Waals surface area contributed by atoms with Gasteiger partial charge in [0.15, 0.2) is 0 Å². The van der Waals surface area contributed by atoms with Gasteiger partial charge in [0.2, 0.25) is 0 Å². The minimum atomic E-state index is -0.547. The molecule has 0 saturated heterocycles. The van der Waals surface area contributed by atoms with Gasteiger partial charge in [-0.3, -0.25) is 0 Å². The Morgan fingerprint density at radius 2 is 0.605 bits per heavy atom. The average Bonchev–Trinajstić information content (AvgIpc) is 3.76. The average molecular weight is 630 g/mol. The Hall–Kier alpha value is -3.04. The minimum Gasteiger partial charge on any atom is -0.998 e. The first-order valence-electron chi connectivity index (χ1n) is 14.0. The van der Waals surface area contributed by atoms with Gasteiger partial charge in [0.1, 0.15) is 0 Å². The quantitative estimate of drug-likeness (QED) is 0.0911. The molecule has 6 rings (SSSR count). The van der Waals surface area contributed by atoms with Gasteiger partial charge in [0, 0.05) is 0 Å². The van der Waals surface area contributed by atoms with Gasteiger partial charge in [0.05, 0.1) is 0 Å². The first-order chi connectivity index (χ1) is 20.4. The fourth-order valence-corrected chi connectivity index (χ4v) is 10.9. The van der Waals surface area contributed by atoms with Gasteiger partial charge in [-0.15, -0.1) is 0 Å². The second-order valence-electron chi connectivity index (χ2n) is 10.9. The zero-order valence-corrected chi connectivity index (χ0v) is 27.7. The second-order valence-corrected chi connectivity index (χ2v) is 16.5. The Kier molecular flexibility index (Phi) is 11.5. The van der Waals surface area contributed by atoms with E-state index in [0.29, 0.717) is 0 Å². The van der Waals surface area contributed by atoms with Crippen molar-refractivity contribution in [3.8, 4) is 0 Å². The van der Waals surface area contributed by atoms with Crippen molar-refractivity contribution >= 4 is 37.1 Å². The Bertz CT molecular complexity index is 1390. The zero-order valence-electron chi connectivity index (χ0n) is 24.8. The fraction of sp³-hybridized carbons (Fsp3) is 0.150. The van der Waals surface area contributed by atoms with Crippen LogP contribution in [0.4, 0.5) is 0 Å². The van der Waals surface area contributed by atoms with E-state index in [1.807, 2.05) is 0 Å². The predicted molar refractivity (Wildman–Crippen MR) is 179 cm³/mol. The maximum absolute atomic E-state index is 3.18. The minimum absolute atomic E-state index is 0. The SMILES string of the molecule is CC(C)([c-]1[c-][c-][c-][c-]1)P(c1ccccc1)c1ccccc1.CC(C)([c-]1[c-][c-][c-][c-]1)P(c1ccccc1)c1ccccc1.[Fe+2]. The number of rotatable bonds is 8. The van der Waals surface area contributed by atoms with Crippen LogP contribution in [0, 0.1) is 48.5 Å². The second kappa shape index (κ2) is 15.1. The summed E-state index contributed by atoms with van der Waals surface area (Å²) in [5.41, 5.74) is 2.11. The third-order valence-corrected chi connectivity index (χ3v) is 13.2. The number of benzene rings is 4. The van der Waals surface area contributed by atoms with Crippen molar-refractivity contribution in [2.24, 2.45) is 0 Å². The maximum atomic E-state index is 3.18. The number of hydrogen-bond donors (Lipinski definition) is 0. The molecular formula is C40H32FeP2-8. The van der Waals surface area contributed by atoms with E-state index < -0.39 is 15.8 Å². The van der Waals surface area contributed by atoms with Crippen molar-refractivity contribution in [3.63, 3.8) is 0 Å². The molecular weight excluding hydrogens is 598 g/mol. The molecule has 0 unspecified atom stereocenters. The third-order valence-electron chi connectivity index (χ3n) is 7.27. The van der Waals surface area contributed by atoms with Crippen LogP contribution < -0.4 is 21.2 Å². The van der Waals surface area contributed by atoms with Crippen LogP contribution >= 0.6 is 15.8 Å². The monoisotopic (exact) mass is 630 g/mol. The van der Waals surface area contributed by atoms with Crippen LogP contribution in [0.2, 0.25) is 0 Å². The zero-order chi connectivity index (χ0) is 29.4. The van der Waals surface area contributed by atoms with E-state index in [0.717, 1.165) is 11.1 Å². The molecule has 0 aliphatic heterocycles. The van der Waals surface area contributed by atoms with Gasteiger partial charge in [-0.1, -0.05) is 165 Å². The predicted octanol–water partition coefficient (Wildman–Crippen LogP) is 7.95. The summed E-state index contributed by atoms with van der Waals surface area (Å²) in [6.45, 7) is 9.07. The molecule has 6 aromatic carbocycles. The van der Waals surface area contributed by atoms with Crippen LogP contribution in [0.5, 0.6) is 0 Å². The van der Waals surface area contributed by atoms with E-state index in [2.05, 4.69) is 198 Å². The Morgan fingerprint density at radius 1 is 0.395 bits per heavy atom. The summed E-state index contributed by atoms with van der Waals surface area (Å²) in [5.74, 6) is 0. The molecule has 0 aromatic heterocycles. The van der Waals surface area contributed by atoms with Crippen molar-refractivity contribution in [2.75, 3.05) is 0 Å². The van der Waals surface area contributed by atoms with Gasteiger partial charge in [-0.25, -0.2) is 0 Å². The molecule has 43 heavy (non-hydrogen) atoms. The summed E-state index contributed by atoms with van der Waals surface area (Å²) < 4.78 is 0. The Labute approximate surface area is 271 Å². The molecule has 3 heteroatoms. The van der Waals surface area contributed by atoms with E-state index in [9.17, 15) is 0 Å². The molecule has 0 N–H and O–H groups in total. The van der Waals surface area contributed by atoms with E-state index in [4.69, 9.17) is 0 Å². The summed E-state index contributed by atoms with van der Waals surface area (Å²) in [4.78, 5) is 0. The molecule has 6 aromatic rings. The van der Waals surface area contributed by atoms with Gasteiger partial charge < -0.3 is 59.7 Å². The van der Waals surface area contributed by atoms with Crippen LogP contribution in [0.15, 0.2) is 121 Å². The van der Waals surface area contributed by atoms with Crippen molar-refractivity contribution in [1.29, 1.82) is 0 Å². The molecule has 0 saturated carbocycles. The van der Waals surface area contributed by atoms with E-state index in [-0.39, 0.29) is 27.4 Å². The third kappa shape index (κ3) is 7.73. The topological polar surface area (TPSA) is 0 Å². The molecule has 0 fully saturated rings. The molecule has 0 heterocycles. The summed E-state index contributed by atoms with van der Waals surface area (Å²) >= 11 is 0. The van der Waals surface area contributed by atoms with Crippen molar-refractivity contribution in [3.05, 3.63) is 181 Å². The Morgan fingerprint density at radius 3 is 0.814 bits per heavy atom. The largest absolute Gasteiger partial charge is 2.00 e. The van der Waals surface area contributed by atoms with Gasteiger partial charge >= 0.3 is 17.1 Å². The molecule has 0 aliphatic carbocycles. The molecule has 0 bridgehead atoms. The standard InChI is InChI=1S/2C20H16P.Fe/c2*1-20(2,17-11-9-10-12-17)21(18-13-5-3-6-14-18)19-15-7-4-8-16-19;/h2*3-8,13-16H,1-2H3;/q2*-5;+2. The molecule has 0 atom stereocenters. The van der Waals surface area contributed by atoms with Crippen LogP contribution in [0.3, 0.4) is 0 Å². The number of hydrogen-bond acceptors (Lipinski definition) is 0. The molecule has 0 aliphatic rings. The fourth-order valence-electron chi connectivity index (χ4n) is 5.17. The van der Waals surface area contributed by atoms with E-state index in [1.165, 1.54) is 21.2 Å². The van der Waals surface area contributed by atoms with Crippen LogP contribution in [0.25, 0.3) is 0 Å². The summed E-state index contributed by atoms with van der Waals surface area (Å²) in [6.07, 6.45) is 0. The van der Waals surface area contributed by atoms with Gasteiger partial charge in [0.25, 0.3) is 0 Å². The van der Waals surface area contributed by atoms with Crippen LogP contribution in [-0.4, -0.2) is 0 Å². The smallest absolute Gasteiger partial charge is 0.998 e. The van der Waals surface area contributed by atoms with Crippen LogP contribution in [-0.2, 0) is 27.4 Å². The van der Waals surface area contributed by atoms with Crippen molar-refractivity contribution in [2.45, 2.75) is 38.0 Å². The molecule has 0 spiro atoms. The maximum Gasteiger partial charge on any atom is 2.00 e. The van der Waals surface area contributed by atoms with E-state index >= 15 is 0 Å². The molecule has 218 valence electrons. The first kappa shape index (κ1) is 32.9. The summed E-state index contributed by atoms with van der Waals surface area (Å²) in [5, 5.41) is 5.35. The van der Waals surface area contributed by atoms with Gasteiger partial charge in [-0.05, 0) is 21.2 Å². The first-order valence-corrected chi connectivity index (χ1v) is 16.7. The molecule has 0 nitrogen and oxygen atoms in total. The Balaban J connectivity index is 0.000000192. The normalized spacial score (nSPS) is 11.5. The van der Waals surface area contributed by atoms with Crippen LogP contribution in [0.1, 0.15) is 38.8 Å². The van der Waals surface area contributed by atoms with E-state index in [1.54, 1.807) is 0 Å². The van der Waals surface area contributed by atoms with Gasteiger partial charge in [-0.2, -0.15) is 10.3 Å². The molecule has 0 radical (unpaired) electrons. The van der Waals surface area contributed by atoms with Crippen molar-refractivity contribution < 1.29 is 17.1 Å². The van der Waals surface area contributed by atoms with Crippen molar-refractivity contribution in [1.82, 2.24) is 0 Å².